The van der Waals surface area contributed by atoms with Crippen molar-refractivity contribution in [1.82, 2.24) is 0 Å². The first kappa shape index (κ1) is 23.2. The molecule has 0 fully saturated rings. The SMILES string of the molecule is CC(=O)N(CCC1=[N+](CCCCS(=O)(=O)O)c2ccccc2C1(C)C)c1ccccc1. The number of unbranched alkanes of at least 4 members (excludes halogenated alkanes) is 1. The Morgan fingerprint density at radius 3 is 2.32 bits per heavy atom. The van der Waals surface area contributed by atoms with Crippen molar-refractivity contribution in [1.29, 1.82) is 0 Å². The molecule has 1 amide bonds. The highest BCUT2D eigenvalue weighted by molar-refractivity contribution is 7.85. The molecule has 0 saturated carbocycles. The molecule has 0 aliphatic carbocycles. The number of hydrogen-bond acceptors (Lipinski definition) is 3. The van der Waals surface area contributed by atoms with Crippen molar-refractivity contribution in [2.45, 2.75) is 45.4 Å². The fraction of sp³-hybridized carbons (Fsp3) is 0.417. The highest BCUT2D eigenvalue weighted by Crippen LogP contribution is 2.40. The lowest BCUT2D eigenvalue weighted by Gasteiger charge is -2.23. The molecule has 0 bridgehead atoms. The second-order valence-corrected chi connectivity index (χ2v) is 10.1. The Morgan fingerprint density at radius 2 is 1.68 bits per heavy atom. The van der Waals surface area contributed by atoms with E-state index in [-0.39, 0.29) is 17.1 Å². The van der Waals surface area contributed by atoms with Crippen LogP contribution in [0.4, 0.5) is 11.4 Å². The number of fused-ring (bicyclic) bond motifs is 1. The van der Waals surface area contributed by atoms with Crippen LogP contribution >= 0.6 is 0 Å². The van der Waals surface area contributed by atoms with Gasteiger partial charge in [0.25, 0.3) is 10.1 Å². The fourth-order valence-corrected chi connectivity index (χ4v) is 5.00. The zero-order valence-corrected chi connectivity index (χ0v) is 19.2. The van der Waals surface area contributed by atoms with E-state index in [4.69, 9.17) is 4.55 Å². The van der Waals surface area contributed by atoms with Crippen LogP contribution in [0.3, 0.4) is 0 Å². The standard InChI is InChI=1S/C24H30N2O4S/c1-19(27)25(20-11-5-4-6-12-20)17-15-23-24(2,3)21-13-7-8-14-22(21)26(23)16-9-10-18-31(28,29)30/h4-8,11-14H,9-10,15-18H2,1-3H3/p+1. The van der Waals surface area contributed by atoms with E-state index in [2.05, 4.69) is 30.6 Å². The van der Waals surface area contributed by atoms with Gasteiger partial charge < -0.3 is 4.90 Å². The van der Waals surface area contributed by atoms with Crippen LogP contribution in [-0.4, -0.2) is 48.0 Å². The zero-order chi connectivity index (χ0) is 22.6. The van der Waals surface area contributed by atoms with Crippen LogP contribution in [0.2, 0.25) is 0 Å². The minimum Gasteiger partial charge on any atom is -0.312 e. The molecule has 166 valence electrons. The summed E-state index contributed by atoms with van der Waals surface area (Å²) in [7, 11) is -3.95. The van der Waals surface area contributed by atoms with E-state index in [9.17, 15) is 13.2 Å². The van der Waals surface area contributed by atoms with Gasteiger partial charge in [-0.25, -0.2) is 0 Å². The maximum atomic E-state index is 12.3. The fourth-order valence-electron chi connectivity index (χ4n) is 4.43. The first-order chi connectivity index (χ1) is 14.6. The minimum atomic E-state index is -3.95. The lowest BCUT2D eigenvalue weighted by atomic mass is 9.80. The van der Waals surface area contributed by atoms with E-state index in [0.717, 1.165) is 11.4 Å². The first-order valence-corrected chi connectivity index (χ1v) is 12.2. The number of amides is 1. The predicted octanol–water partition coefficient (Wildman–Crippen LogP) is 4.17. The van der Waals surface area contributed by atoms with E-state index in [0.29, 0.717) is 32.4 Å². The zero-order valence-electron chi connectivity index (χ0n) is 18.4. The van der Waals surface area contributed by atoms with Gasteiger partial charge >= 0.3 is 0 Å². The van der Waals surface area contributed by atoms with E-state index < -0.39 is 10.1 Å². The molecule has 0 spiro atoms. The topological polar surface area (TPSA) is 77.7 Å². The Labute approximate surface area is 185 Å². The van der Waals surface area contributed by atoms with E-state index >= 15 is 0 Å². The van der Waals surface area contributed by atoms with Gasteiger partial charge in [0.2, 0.25) is 11.6 Å². The van der Waals surface area contributed by atoms with Gasteiger partial charge in [-0.1, -0.05) is 36.4 Å². The monoisotopic (exact) mass is 443 g/mol. The Balaban J connectivity index is 1.86. The average Bonchev–Trinajstić information content (AvgIpc) is 2.92. The molecule has 3 rings (SSSR count). The van der Waals surface area contributed by atoms with Crippen LogP contribution in [0.25, 0.3) is 0 Å². The van der Waals surface area contributed by atoms with E-state index in [1.54, 1.807) is 11.8 Å². The predicted molar refractivity (Wildman–Crippen MR) is 124 cm³/mol. The summed E-state index contributed by atoms with van der Waals surface area (Å²) in [4.78, 5) is 14.1. The second-order valence-electron chi connectivity index (χ2n) is 8.49. The molecule has 1 N–H and O–H groups in total. The number of anilines is 1. The van der Waals surface area contributed by atoms with Crippen LogP contribution in [-0.2, 0) is 20.3 Å². The summed E-state index contributed by atoms with van der Waals surface area (Å²) in [5.41, 5.74) is 4.25. The van der Waals surface area contributed by atoms with Crippen molar-refractivity contribution in [3.05, 3.63) is 60.2 Å². The molecule has 0 unspecified atom stereocenters. The summed E-state index contributed by atoms with van der Waals surface area (Å²) >= 11 is 0. The third-order valence-corrected chi connectivity index (χ3v) is 6.77. The lowest BCUT2D eigenvalue weighted by molar-refractivity contribution is -0.440. The summed E-state index contributed by atoms with van der Waals surface area (Å²) in [6, 6.07) is 17.9. The summed E-state index contributed by atoms with van der Waals surface area (Å²) in [5, 5.41) is 0. The summed E-state index contributed by atoms with van der Waals surface area (Å²) in [6.45, 7) is 7.20. The number of benzene rings is 2. The third-order valence-electron chi connectivity index (χ3n) is 5.97. The quantitative estimate of drug-likeness (QED) is 0.358. The van der Waals surface area contributed by atoms with Crippen LogP contribution in [0, 0.1) is 0 Å². The molecule has 6 nitrogen and oxygen atoms in total. The van der Waals surface area contributed by atoms with Gasteiger partial charge in [0.1, 0.15) is 6.54 Å². The van der Waals surface area contributed by atoms with Crippen molar-refractivity contribution in [3.8, 4) is 0 Å². The minimum absolute atomic E-state index is 0.000167. The second kappa shape index (κ2) is 9.32. The number of carbonyl (C=O) groups excluding carboxylic acids is 1. The van der Waals surface area contributed by atoms with Crippen LogP contribution in [0.5, 0.6) is 0 Å². The lowest BCUT2D eigenvalue weighted by Crippen LogP contribution is -2.36. The van der Waals surface area contributed by atoms with E-state index in [1.807, 2.05) is 42.5 Å². The highest BCUT2D eigenvalue weighted by atomic mass is 32.2. The molecule has 1 heterocycles. The van der Waals surface area contributed by atoms with E-state index in [1.165, 1.54) is 11.3 Å². The Hall–Kier alpha value is -2.51. The molecule has 0 saturated heterocycles. The normalized spacial score (nSPS) is 15.1. The molecule has 1 aliphatic heterocycles. The molecule has 0 aromatic heterocycles. The number of nitrogens with zero attached hydrogens (tertiary/aromatic N) is 2. The van der Waals surface area contributed by atoms with Crippen LogP contribution in [0.1, 0.15) is 45.6 Å². The maximum absolute atomic E-state index is 12.3. The molecule has 2 aromatic rings. The summed E-state index contributed by atoms with van der Waals surface area (Å²) in [5.74, 6) is -0.229. The maximum Gasteiger partial charge on any atom is 0.264 e. The van der Waals surface area contributed by atoms with Gasteiger partial charge in [0, 0.05) is 43.6 Å². The van der Waals surface area contributed by atoms with Crippen molar-refractivity contribution < 1.29 is 22.3 Å². The Bertz CT molecular complexity index is 1080. The van der Waals surface area contributed by atoms with Crippen molar-refractivity contribution in [2.24, 2.45) is 0 Å². The molecule has 0 radical (unpaired) electrons. The number of para-hydroxylation sites is 2. The van der Waals surface area contributed by atoms with Crippen LogP contribution < -0.4 is 4.90 Å². The Morgan fingerprint density at radius 1 is 1.03 bits per heavy atom. The van der Waals surface area contributed by atoms with Crippen molar-refractivity contribution in [2.75, 3.05) is 23.7 Å². The van der Waals surface area contributed by atoms with Crippen molar-refractivity contribution in [3.63, 3.8) is 0 Å². The number of carbonyl (C=O) groups is 1. The third kappa shape index (κ3) is 5.40. The number of hydrogen-bond donors (Lipinski definition) is 1. The van der Waals surface area contributed by atoms with Gasteiger partial charge in [-0.05, 0) is 32.4 Å². The van der Waals surface area contributed by atoms with Gasteiger partial charge in [0.05, 0.1) is 11.2 Å². The molecule has 1 aliphatic rings. The molecular weight excluding hydrogens is 412 g/mol. The van der Waals surface area contributed by atoms with Crippen LogP contribution in [0.15, 0.2) is 54.6 Å². The largest absolute Gasteiger partial charge is 0.312 e. The van der Waals surface area contributed by atoms with Crippen molar-refractivity contribution >= 4 is 33.1 Å². The van der Waals surface area contributed by atoms with Gasteiger partial charge in [-0.15, -0.1) is 0 Å². The Kier molecular flexibility index (Phi) is 6.96. The number of rotatable bonds is 9. The average molecular weight is 444 g/mol. The molecule has 7 heteroatoms. The van der Waals surface area contributed by atoms with Gasteiger partial charge in [-0.3, -0.25) is 9.35 Å². The van der Waals surface area contributed by atoms with Gasteiger partial charge in [-0.2, -0.15) is 13.0 Å². The summed E-state index contributed by atoms with van der Waals surface area (Å²) < 4.78 is 33.4. The highest BCUT2D eigenvalue weighted by Gasteiger charge is 2.44. The smallest absolute Gasteiger partial charge is 0.264 e. The molecular formula is C24H31N2O4S+. The molecule has 0 atom stereocenters. The molecule has 2 aromatic carbocycles. The molecule has 31 heavy (non-hydrogen) atoms. The van der Waals surface area contributed by atoms with Gasteiger partial charge in [0.15, 0.2) is 5.71 Å². The first-order valence-electron chi connectivity index (χ1n) is 10.6. The summed E-state index contributed by atoms with van der Waals surface area (Å²) in [6.07, 6.45) is 1.74.